The van der Waals surface area contributed by atoms with Crippen LogP contribution in [-0.2, 0) is 9.59 Å². The van der Waals surface area contributed by atoms with Crippen LogP contribution < -0.4 is 5.32 Å². The van der Waals surface area contributed by atoms with Gasteiger partial charge >= 0.3 is 0 Å². The van der Waals surface area contributed by atoms with E-state index < -0.39 is 0 Å². The van der Waals surface area contributed by atoms with Crippen LogP contribution in [0.15, 0.2) is 24.3 Å². The number of nitrogens with one attached hydrogen (secondary N) is 1. The first kappa shape index (κ1) is 11.6. The Hall–Kier alpha value is -1.38. The van der Waals surface area contributed by atoms with Gasteiger partial charge in [-0.1, -0.05) is 31.2 Å². The maximum atomic E-state index is 10.7. The first-order chi connectivity index (χ1) is 6.20. The topological polar surface area (TPSA) is 46.2 Å². The molecule has 1 unspecified atom stereocenters. The van der Waals surface area contributed by atoms with E-state index in [4.69, 9.17) is 0 Å². The lowest BCUT2D eigenvalue weighted by atomic mass is 10.2. The summed E-state index contributed by atoms with van der Waals surface area (Å²) in [6.07, 6.45) is 8.27. The van der Waals surface area contributed by atoms with Crippen molar-refractivity contribution in [2.45, 2.75) is 13.3 Å². The second-order valence-corrected chi connectivity index (χ2v) is 2.69. The largest absolute Gasteiger partial charge is 0.359 e. The Morgan fingerprint density at radius 3 is 2.69 bits per heavy atom. The molecule has 0 aliphatic rings. The standard InChI is InChI=1S/C10H15NO2/c1-9(8-12)6-4-3-5-7-10(13)11-2/h3-6,8-9H,7H2,1-2H3,(H,11,13)/b5-3-,6-4-. The Morgan fingerprint density at radius 2 is 2.15 bits per heavy atom. The zero-order valence-electron chi connectivity index (χ0n) is 7.99. The van der Waals surface area contributed by atoms with Gasteiger partial charge in [-0.25, -0.2) is 0 Å². The fourth-order valence-electron chi connectivity index (χ4n) is 0.640. The van der Waals surface area contributed by atoms with Crippen LogP contribution in [0.25, 0.3) is 0 Å². The summed E-state index contributed by atoms with van der Waals surface area (Å²) in [7, 11) is 1.60. The van der Waals surface area contributed by atoms with Gasteiger partial charge < -0.3 is 10.1 Å². The molecule has 0 spiro atoms. The van der Waals surface area contributed by atoms with Crippen LogP contribution in [0.2, 0.25) is 0 Å². The number of rotatable bonds is 5. The van der Waals surface area contributed by atoms with Gasteiger partial charge in [-0.05, 0) is 0 Å². The van der Waals surface area contributed by atoms with E-state index in [0.29, 0.717) is 6.42 Å². The molecule has 0 aliphatic heterocycles. The van der Waals surface area contributed by atoms with Crippen molar-refractivity contribution in [3.05, 3.63) is 24.3 Å². The predicted molar refractivity (Wildman–Crippen MR) is 52.2 cm³/mol. The Morgan fingerprint density at radius 1 is 1.46 bits per heavy atom. The third-order valence-corrected chi connectivity index (χ3v) is 1.46. The highest BCUT2D eigenvalue weighted by molar-refractivity contribution is 5.77. The molecule has 1 atom stereocenters. The van der Waals surface area contributed by atoms with E-state index >= 15 is 0 Å². The molecule has 13 heavy (non-hydrogen) atoms. The second kappa shape index (κ2) is 7.28. The smallest absolute Gasteiger partial charge is 0.223 e. The van der Waals surface area contributed by atoms with Gasteiger partial charge in [0.1, 0.15) is 6.29 Å². The molecule has 0 aromatic rings. The summed E-state index contributed by atoms with van der Waals surface area (Å²) >= 11 is 0. The number of allylic oxidation sites excluding steroid dienone is 3. The fraction of sp³-hybridized carbons (Fsp3) is 0.400. The molecule has 0 aromatic carbocycles. The summed E-state index contributed by atoms with van der Waals surface area (Å²) < 4.78 is 0. The molecule has 0 aromatic heterocycles. The van der Waals surface area contributed by atoms with Gasteiger partial charge in [0.15, 0.2) is 0 Å². The van der Waals surface area contributed by atoms with Crippen molar-refractivity contribution < 1.29 is 9.59 Å². The fourth-order valence-corrected chi connectivity index (χ4v) is 0.640. The van der Waals surface area contributed by atoms with E-state index in [9.17, 15) is 9.59 Å². The highest BCUT2D eigenvalue weighted by atomic mass is 16.1. The zero-order valence-corrected chi connectivity index (χ0v) is 7.99. The molecule has 1 amide bonds. The minimum Gasteiger partial charge on any atom is -0.359 e. The maximum absolute atomic E-state index is 10.7. The SMILES string of the molecule is CNC(=O)C/C=C\C=C/C(C)C=O. The normalized spacial score (nSPS) is 13.4. The van der Waals surface area contributed by atoms with Crippen LogP contribution in [0, 0.1) is 5.92 Å². The van der Waals surface area contributed by atoms with E-state index in [1.54, 1.807) is 38.3 Å². The average molecular weight is 181 g/mol. The molecule has 0 radical (unpaired) electrons. The van der Waals surface area contributed by atoms with E-state index in [0.717, 1.165) is 6.29 Å². The highest BCUT2D eigenvalue weighted by Crippen LogP contribution is 1.92. The minimum atomic E-state index is -0.0651. The van der Waals surface area contributed by atoms with E-state index in [-0.39, 0.29) is 11.8 Å². The van der Waals surface area contributed by atoms with E-state index in [2.05, 4.69) is 5.32 Å². The second-order valence-electron chi connectivity index (χ2n) is 2.69. The number of aldehydes is 1. The maximum Gasteiger partial charge on any atom is 0.223 e. The zero-order chi connectivity index (χ0) is 10.1. The molecule has 0 heterocycles. The molecular weight excluding hydrogens is 166 g/mol. The van der Waals surface area contributed by atoms with Crippen molar-refractivity contribution in [1.82, 2.24) is 5.32 Å². The van der Waals surface area contributed by atoms with Crippen molar-refractivity contribution in [1.29, 1.82) is 0 Å². The molecular formula is C10H15NO2. The van der Waals surface area contributed by atoms with E-state index in [1.807, 2.05) is 0 Å². The van der Waals surface area contributed by atoms with Gasteiger partial charge in [0.25, 0.3) is 0 Å². The molecule has 72 valence electrons. The van der Waals surface area contributed by atoms with Crippen LogP contribution in [0.4, 0.5) is 0 Å². The third-order valence-electron chi connectivity index (χ3n) is 1.46. The van der Waals surface area contributed by atoms with Gasteiger partial charge in [-0.3, -0.25) is 4.79 Å². The first-order valence-electron chi connectivity index (χ1n) is 4.20. The van der Waals surface area contributed by atoms with Crippen molar-refractivity contribution in [2.24, 2.45) is 5.92 Å². The number of carbonyl (C=O) groups is 2. The summed E-state index contributed by atoms with van der Waals surface area (Å²) in [5, 5.41) is 2.51. The Kier molecular flexibility index (Phi) is 6.51. The third kappa shape index (κ3) is 7.00. The quantitative estimate of drug-likeness (QED) is 0.509. The summed E-state index contributed by atoms with van der Waals surface area (Å²) in [6.45, 7) is 1.80. The van der Waals surface area contributed by atoms with Crippen LogP contribution in [0.3, 0.4) is 0 Å². The lowest BCUT2D eigenvalue weighted by molar-refractivity contribution is -0.119. The Bertz CT molecular complexity index is 219. The summed E-state index contributed by atoms with van der Waals surface area (Å²) in [5.41, 5.74) is 0. The van der Waals surface area contributed by atoms with Crippen LogP contribution in [0.1, 0.15) is 13.3 Å². The summed E-state index contributed by atoms with van der Waals surface area (Å²) in [5.74, 6) is -0.0854. The molecule has 0 rings (SSSR count). The predicted octanol–water partition coefficient (Wildman–Crippen LogP) is 1.07. The van der Waals surface area contributed by atoms with Crippen LogP contribution in [0.5, 0.6) is 0 Å². The van der Waals surface area contributed by atoms with Crippen LogP contribution in [-0.4, -0.2) is 19.2 Å². The van der Waals surface area contributed by atoms with E-state index in [1.165, 1.54) is 0 Å². The van der Waals surface area contributed by atoms with Crippen LogP contribution >= 0.6 is 0 Å². The number of carbonyl (C=O) groups excluding carboxylic acids is 2. The number of hydrogen-bond donors (Lipinski definition) is 1. The minimum absolute atomic E-state index is 0.0203. The van der Waals surface area contributed by atoms with Crippen molar-refractivity contribution >= 4 is 12.2 Å². The average Bonchev–Trinajstić information content (AvgIpc) is 2.16. The number of hydrogen-bond acceptors (Lipinski definition) is 2. The summed E-state index contributed by atoms with van der Waals surface area (Å²) in [6, 6.07) is 0. The van der Waals surface area contributed by atoms with Crippen molar-refractivity contribution in [3.8, 4) is 0 Å². The molecule has 0 saturated heterocycles. The molecule has 0 saturated carbocycles. The van der Waals surface area contributed by atoms with Gasteiger partial charge in [-0.15, -0.1) is 0 Å². The highest BCUT2D eigenvalue weighted by Gasteiger charge is 1.90. The molecule has 3 heteroatoms. The Labute approximate surface area is 78.5 Å². The van der Waals surface area contributed by atoms with Gasteiger partial charge in [0, 0.05) is 19.4 Å². The summed E-state index contributed by atoms with van der Waals surface area (Å²) in [4.78, 5) is 20.9. The monoisotopic (exact) mass is 181 g/mol. The molecule has 0 bridgehead atoms. The van der Waals surface area contributed by atoms with Gasteiger partial charge in [-0.2, -0.15) is 0 Å². The molecule has 0 aliphatic carbocycles. The van der Waals surface area contributed by atoms with Crippen molar-refractivity contribution in [2.75, 3.05) is 7.05 Å². The van der Waals surface area contributed by atoms with Gasteiger partial charge in [0.2, 0.25) is 5.91 Å². The Balaban J connectivity index is 3.68. The van der Waals surface area contributed by atoms with Crippen molar-refractivity contribution in [3.63, 3.8) is 0 Å². The van der Waals surface area contributed by atoms with Gasteiger partial charge in [0.05, 0.1) is 0 Å². The molecule has 1 N–H and O–H groups in total. The lowest BCUT2D eigenvalue weighted by Gasteiger charge is -1.91. The lowest BCUT2D eigenvalue weighted by Crippen LogP contribution is -2.15. The number of amides is 1. The molecule has 0 fully saturated rings. The first-order valence-corrected chi connectivity index (χ1v) is 4.20. The molecule has 3 nitrogen and oxygen atoms in total.